The van der Waals surface area contributed by atoms with Gasteiger partial charge in [0.05, 0.1) is 24.5 Å². The Morgan fingerprint density at radius 2 is 2.03 bits per heavy atom. The zero-order valence-electron chi connectivity index (χ0n) is 18.5. The van der Waals surface area contributed by atoms with Crippen LogP contribution in [0, 0.1) is 18.7 Å². The van der Waals surface area contributed by atoms with Crippen LogP contribution in [-0.4, -0.2) is 55.4 Å². The van der Waals surface area contributed by atoms with E-state index in [0.29, 0.717) is 43.2 Å². The number of hydrogen-bond donors (Lipinski definition) is 1. The van der Waals surface area contributed by atoms with Crippen molar-refractivity contribution >= 4 is 27.3 Å². The van der Waals surface area contributed by atoms with Gasteiger partial charge in [-0.1, -0.05) is 17.7 Å². The van der Waals surface area contributed by atoms with E-state index in [-0.39, 0.29) is 29.0 Å². The quantitative estimate of drug-likeness (QED) is 0.657. The first-order valence-electron chi connectivity index (χ1n) is 11.1. The molecule has 2 aromatic rings. The van der Waals surface area contributed by atoms with Gasteiger partial charge in [0.1, 0.15) is 15.7 Å². The van der Waals surface area contributed by atoms with Crippen LogP contribution in [0.5, 0.6) is 0 Å². The van der Waals surface area contributed by atoms with Gasteiger partial charge in [0.2, 0.25) is 10.0 Å². The van der Waals surface area contributed by atoms with Gasteiger partial charge in [0.25, 0.3) is 5.56 Å². The van der Waals surface area contributed by atoms with Crippen molar-refractivity contribution in [1.82, 2.24) is 14.1 Å². The Balaban J connectivity index is 1.42. The lowest BCUT2D eigenvalue weighted by atomic mass is 10.0. The maximum Gasteiger partial charge on any atom is 0.287 e. The minimum absolute atomic E-state index is 0.0681. The van der Waals surface area contributed by atoms with E-state index in [4.69, 9.17) is 16.3 Å². The summed E-state index contributed by atoms with van der Waals surface area (Å²) in [5, 5.41) is 7.56. The first-order valence-corrected chi connectivity index (χ1v) is 12.9. The summed E-state index contributed by atoms with van der Waals surface area (Å²) in [5.41, 5.74) is 0.725. The lowest BCUT2D eigenvalue weighted by Gasteiger charge is -2.31. The number of halogens is 2. The van der Waals surface area contributed by atoms with E-state index in [1.807, 2.05) is 0 Å². The van der Waals surface area contributed by atoms with Crippen LogP contribution in [0.3, 0.4) is 0 Å². The number of aryl methyl sites for hydroxylation is 1. The monoisotopic (exact) mass is 498 g/mol. The number of ether oxygens (including phenoxy) is 1. The van der Waals surface area contributed by atoms with Crippen molar-refractivity contribution in [3.63, 3.8) is 0 Å². The van der Waals surface area contributed by atoms with Gasteiger partial charge in [-0.25, -0.2) is 17.5 Å². The number of hydrogen-bond acceptors (Lipinski definition) is 6. The molecule has 11 heteroatoms. The number of aromatic nitrogens is 2. The van der Waals surface area contributed by atoms with Gasteiger partial charge >= 0.3 is 0 Å². The molecule has 2 aliphatic rings. The fourth-order valence-corrected chi connectivity index (χ4v) is 6.05. The summed E-state index contributed by atoms with van der Waals surface area (Å²) in [5.74, 6) is -0.397. The molecule has 4 rings (SSSR count). The molecule has 2 aliphatic heterocycles. The minimum Gasteiger partial charge on any atom is -0.382 e. The Hall–Kier alpha value is -2.01. The molecule has 8 nitrogen and oxygen atoms in total. The Morgan fingerprint density at radius 1 is 1.27 bits per heavy atom. The molecular formula is C22H28ClFN4O4S. The van der Waals surface area contributed by atoms with Crippen molar-refractivity contribution < 1.29 is 17.5 Å². The number of piperidine rings is 1. The van der Waals surface area contributed by atoms with E-state index in [9.17, 15) is 17.6 Å². The molecule has 2 saturated heterocycles. The molecule has 0 unspecified atom stereocenters. The molecule has 3 heterocycles. The lowest BCUT2D eigenvalue weighted by molar-refractivity contribution is 0.0595. The highest BCUT2D eigenvalue weighted by atomic mass is 35.5. The molecule has 0 spiro atoms. The molecule has 1 aromatic carbocycles. The van der Waals surface area contributed by atoms with Crippen molar-refractivity contribution in [1.29, 1.82) is 0 Å². The second-order valence-electron chi connectivity index (χ2n) is 8.66. The van der Waals surface area contributed by atoms with E-state index in [0.717, 1.165) is 19.4 Å². The predicted molar refractivity (Wildman–Crippen MR) is 124 cm³/mol. The fraction of sp³-hybridized carbons (Fsp3) is 0.545. The molecule has 33 heavy (non-hydrogen) atoms. The van der Waals surface area contributed by atoms with Crippen molar-refractivity contribution in [2.24, 2.45) is 5.92 Å². The van der Waals surface area contributed by atoms with Crippen LogP contribution in [0.4, 0.5) is 10.1 Å². The molecule has 1 aromatic heterocycles. The smallest absolute Gasteiger partial charge is 0.287 e. The molecule has 0 aliphatic carbocycles. The normalized spacial score (nSPS) is 20.6. The molecule has 2 fully saturated rings. The standard InChI is InChI=1S/C22H28ClFN4O4S/c1-15-4-5-20(18(24)11-15)33(30,31)27-8-6-17(7-9-27)28-22(29)21(23)19(13-26-28)25-12-16-3-2-10-32-14-16/h4-5,11,13,16-17,25H,2-3,6-10,12,14H2,1H3/t16-/m0/s1. The van der Waals surface area contributed by atoms with E-state index in [1.165, 1.54) is 27.3 Å². The maximum absolute atomic E-state index is 14.3. The zero-order valence-corrected chi connectivity index (χ0v) is 20.0. The first kappa shape index (κ1) is 24.1. The highest BCUT2D eigenvalue weighted by molar-refractivity contribution is 7.89. The van der Waals surface area contributed by atoms with E-state index < -0.39 is 21.4 Å². The SMILES string of the molecule is Cc1ccc(S(=O)(=O)N2CCC(n3ncc(NC[C@@H]4CCCOC4)c(Cl)c3=O)CC2)c(F)c1. The van der Waals surface area contributed by atoms with Gasteiger partial charge < -0.3 is 10.1 Å². The van der Waals surface area contributed by atoms with Crippen LogP contribution >= 0.6 is 11.6 Å². The Bertz CT molecular complexity index is 1160. The van der Waals surface area contributed by atoms with Crippen LogP contribution in [0.2, 0.25) is 5.02 Å². The van der Waals surface area contributed by atoms with Crippen molar-refractivity contribution in [3.8, 4) is 0 Å². The lowest BCUT2D eigenvalue weighted by Crippen LogP contribution is -2.41. The van der Waals surface area contributed by atoms with Crippen LogP contribution < -0.4 is 10.9 Å². The molecule has 1 atom stereocenters. The van der Waals surface area contributed by atoms with Crippen LogP contribution in [0.15, 0.2) is 34.1 Å². The Kier molecular flexibility index (Phi) is 7.37. The third-order valence-electron chi connectivity index (χ3n) is 6.25. The molecule has 180 valence electrons. The van der Waals surface area contributed by atoms with Gasteiger partial charge in [0.15, 0.2) is 0 Å². The second-order valence-corrected chi connectivity index (χ2v) is 10.9. The molecule has 0 radical (unpaired) electrons. The number of benzene rings is 1. The number of anilines is 1. The molecule has 0 saturated carbocycles. The van der Waals surface area contributed by atoms with Gasteiger partial charge in [-0.3, -0.25) is 4.79 Å². The number of sulfonamides is 1. The fourth-order valence-electron chi connectivity index (χ4n) is 4.33. The molecular weight excluding hydrogens is 471 g/mol. The van der Waals surface area contributed by atoms with Crippen LogP contribution in [0.25, 0.3) is 0 Å². The largest absolute Gasteiger partial charge is 0.382 e. The van der Waals surface area contributed by atoms with Crippen molar-refractivity contribution in [3.05, 3.63) is 51.2 Å². The summed E-state index contributed by atoms with van der Waals surface area (Å²) in [7, 11) is -3.95. The number of rotatable bonds is 6. The number of nitrogens with one attached hydrogen (secondary N) is 1. The second kappa shape index (κ2) is 10.1. The van der Waals surface area contributed by atoms with E-state index in [1.54, 1.807) is 13.0 Å². The highest BCUT2D eigenvalue weighted by Gasteiger charge is 2.32. The summed E-state index contributed by atoms with van der Waals surface area (Å²) in [6.45, 7) is 4.14. The van der Waals surface area contributed by atoms with Crippen molar-refractivity contribution in [2.75, 3.05) is 38.2 Å². The van der Waals surface area contributed by atoms with Gasteiger partial charge in [-0.05, 0) is 56.2 Å². The molecule has 0 bridgehead atoms. The topological polar surface area (TPSA) is 93.5 Å². The summed E-state index contributed by atoms with van der Waals surface area (Å²) < 4.78 is 48.1. The average Bonchev–Trinajstić information content (AvgIpc) is 2.80. The third kappa shape index (κ3) is 5.24. The molecule has 1 N–H and O–H groups in total. The Morgan fingerprint density at radius 3 is 2.70 bits per heavy atom. The van der Waals surface area contributed by atoms with Gasteiger partial charge in [-0.15, -0.1) is 0 Å². The summed E-state index contributed by atoms with van der Waals surface area (Å²) in [4.78, 5) is 12.5. The van der Waals surface area contributed by atoms with Crippen LogP contribution in [0.1, 0.15) is 37.3 Å². The van der Waals surface area contributed by atoms with Gasteiger partial charge in [0, 0.05) is 26.2 Å². The maximum atomic E-state index is 14.3. The predicted octanol–water partition coefficient (Wildman–Crippen LogP) is 3.21. The molecule has 0 amide bonds. The third-order valence-corrected chi connectivity index (χ3v) is 8.55. The highest BCUT2D eigenvalue weighted by Crippen LogP contribution is 2.28. The van der Waals surface area contributed by atoms with E-state index in [2.05, 4.69) is 10.4 Å². The summed E-state index contributed by atoms with van der Waals surface area (Å²) in [6, 6.07) is 3.79. The summed E-state index contributed by atoms with van der Waals surface area (Å²) >= 11 is 6.33. The number of nitrogens with zero attached hydrogens (tertiary/aromatic N) is 3. The summed E-state index contributed by atoms with van der Waals surface area (Å²) in [6.07, 6.45) is 4.37. The Labute approximate surface area is 197 Å². The minimum atomic E-state index is -3.95. The van der Waals surface area contributed by atoms with E-state index >= 15 is 0 Å². The van der Waals surface area contributed by atoms with Crippen molar-refractivity contribution in [2.45, 2.75) is 43.5 Å². The van der Waals surface area contributed by atoms with Crippen LogP contribution in [-0.2, 0) is 14.8 Å². The van der Waals surface area contributed by atoms with Gasteiger partial charge in [-0.2, -0.15) is 9.40 Å². The average molecular weight is 499 g/mol. The first-order chi connectivity index (χ1) is 15.8. The zero-order chi connectivity index (χ0) is 23.6.